The van der Waals surface area contributed by atoms with Crippen LogP contribution in [0.1, 0.15) is 18.2 Å². The highest BCUT2D eigenvalue weighted by Crippen LogP contribution is 2.03. The van der Waals surface area contributed by atoms with Gasteiger partial charge in [-0.05, 0) is 24.0 Å². The highest BCUT2D eigenvalue weighted by atomic mass is 32.1. The van der Waals surface area contributed by atoms with E-state index in [-0.39, 0.29) is 0 Å². The quantitative estimate of drug-likeness (QED) is 0.854. The molecule has 0 saturated heterocycles. The average molecular weight is 234 g/mol. The second-order valence-corrected chi connectivity index (χ2v) is 4.37. The van der Waals surface area contributed by atoms with E-state index in [1.165, 1.54) is 17.1 Å². The van der Waals surface area contributed by atoms with E-state index >= 15 is 0 Å². The third kappa shape index (κ3) is 3.36. The van der Waals surface area contributed by atoms with Crippen molar-refractivity contribution in [3.8, 4) is 0 Å². The first-order chi connectivity index (χ1) is 7.84. The predicted octanol–water partition coefficient (Wildman–Crippen LogP) is 1.65. The summed E-state index contributed by atoms with van der Waals surface area (Å²) in [7, 11) is 0. The molecule has 2 rings (SSSR count). The van der Waals surface area contributed by atoms with E-state index in [1.54, 1.807) is 12.4 Å². The molecule has 0 spiro atoms. The van der Waals surface area contributed by atoms with Crippen LogP contribution in [-0.4, -0.2) is 20.4 Å². The number of nitrogens with one attached hydrogen (secondary N) is 1. The summed E-state index contributed by atoms with van der Waals surface area (Å²) in [5.41, 5.74) is 2.25. The lowest BCUT2D eigenvalue weighted by Crippen LogP contribution is -2.27. The number of hydrogen-bond acceptors (Lipinski definition) is 5. The summed E-state index contributed by atoms with van der Waals surface area (Å²) in [5, 5.41) is 5.49. The standard InChI is InChI=1S/C11H14N4S/c1-9(4-11-7-12-2-3-13-11)14-5-10-6-15-16-8-10/h2-3,6-9,14H,4-5H2,1H3. The van der Waals surface area contributed by atoms with Gasteiger partial charge in [-0.2, -0.15) is 0 Å². The minimum atomic E-state index is 0.386. The van der Waals surface area contributed by atoms with Crippen LogP contribution in [0.15, 0.2) is 30.2 Å². The fourth-order valence-electron chi connectivity index (χ4n) is 1.43. The minimum Gasteiger partial charge on any atom is -0.310 e. The van der Waals surface area contributed by atoms with Crippen molar-refractivity contribution in [2.45, 2.75) is 25.9 Å². The van der Waals surface area contributed by atoms with Crippen molar-refractivity contribution < 1.29 is 0 Å². The smallest absolute Gasteiger partial charge is 0.0602 e. The van der Waals surface area contributed by atoms with Gasteiger partial charge in [0, 0.05) is 49.2 Å². The third-order valence-corrected chi connectivity index (χ3v) is 2.91. The van der Waals surface area contributed by atoms with Crippen LogP contribution in [0.25, 0.3) is 0 Å². The predicted molar refractivity (Wildman–Crippen MR) is 64.2 cm³/mol. The fraction of sp³-hybridized carbons (Fsp3) is 0.364. The molecule has 4 nitrogen and oxygen atoms in total. The molecule has 1 N–H and O–H groups in total. The normalized spacial score (nSPS) is 12.6. The highest BCUT2D eigenvalue weighted by Gasteiger charge is 2.04. The molecule has 0 bridgehead atoms. The Hall–Kier alpha value is -1.33. The molecule has 0 fully saturated rings. The first-order valence-corrected chi connectivity index (χ1v) is 6.05. The molecule has 0 saturated carbocycles. The van der Waals surface area contributed by atoms with Gasteiger partial charge in [-0.1, -0.05) is 0 Å². The van der Waals surface area contributed by atoms with E-state index in [4.69, 9.17) is 0 Å². The summed E-state index contributed by atoms with van der Waals surface area (Å²) in [6.07, 6.45) is 8.02. The van der Waals surface area contributed by atoms with Gasteiger partial charge >= 0.3 is 0 Å². The molecule has 1 unspecified atom stereocenters. The first kappa shape index (κ1) is 11.2. The summed E-state index contributed by atoms with van der Waals surface area (Å²) in [6, 6.07) is 0.386. The topological polar surface area (TPSA) is 50.7 Å². The lowest BCUT2D eigenvalue weighted by Gasteiger charge is -2.11. The highest BCUT2D eigenvalue weighted by molar-refractivity contribution is 7.03. The van der Waals surface area contributed by atoms with Gasteiger partial charge in [-0.3, -0.25) is 9.97 Å². The van der Waals surface area contributed by atoms with Crippen molar-refractivity contribution in [1.29, 1.82) is 0 Å². The minimum absolute atomic E-state index is 0.386. The van der Waals surface area contributed by atoms with Crippen LogP contribution in [-0.2, 0) is 13.0 Å². The molecule has 2 aromatic rings. The molecule has 2 heterocycles. The van der Waals surface area contributed by atoms with Gasteiger partial charge in [-0.15, -0.1) is 0 Å². The van der Waals surface area contributed by atoms with Gasteiger partial charge in [0.1, 0.15) is 0 Å². The van der Waals surface area contributed by atoms with Gasteiger partial charge in [0.05, 0.1) is 5.69 Å². The van der Waals surface area contributed by atoms with Crippen molar-refractivity contribution in [3.63, 3.8) is 0 Å². The molecule has 0 aliphatic carbocycles. The number of hydrogen-bond donors (Lipinski definition) is 1. The molecule has 1 atom stereocenters. The van der Waals surface area contributed by atoms with E-state index in [9.17, 15) is 0 Å². The Balaban J connectivity index is 1.78. The van der Waals surface area contributed by atoms with Crippen molar-refractivity contribution in [1.82, 2.24) is 19.7 Å². The van der Waals surface area contributed by atoms with E-state index < -0.39 is 0 Å². The molecule has 0 aliphatic rings. The molecule has 0 aromatic carbocycles. The Morgan fingerprint density at radius 3 is 3.00 bits per heavy atom. The van der Waals surface area contributed by atoms with Crippen molar-refractivity contribution >= 4 is 11.5 Å². The van der Waals surface area contributed by atoms with Crippen LogP contribution in [0.5, 0.6) is 0 Å². The zero-order valence-corrected chi connectivity index (χ0v) is 9.94. The maximum Gasteiger partial charge on any atom is 0.0602 e. The number of aromatic nitrogens is 3. The summed E-state index contributed by atoms with van der Waals surface area (Å²) in [5.74, 6) is 0. The SMILES string of the molecule is CC(Cc1cnccn1)NCc1cnsc1. The molecule has 16 heavy (non-hydrogen) atoms. The summed E-state index contributed by atoms with van der Waals surface area (Å²) in [6.45, 7) is 3.01. The van der Waals surface area contributed by atoms with E-state index in [0.717, 1.165) is 18.7 Å². The summed E-state index contributed by atoms with van der Waals surface area (Å²) >= 11 is 1.48. The van der Waals surface area contributed by atoms with Crippen LogP contribution < -0.4 is 5.32 Å². The molecule has 2 aromatic heterocycles. The van der Waals surface area contributed by atoms with Crippen LogP contribution in [0.2, 0.25) is 0 Å². The molecule has 84 valence electrons. The van der Waals surface area contributed by atoms with E-state index in [2.05, 4.69) is 32.0 Å². The van der Waals surface area contributed by atoms with Gasteiger partial charge in [-0.25, -0.2) is 4.37 Å². The molecule has 0 aliphatic heterocycles. The van der Waals surface area contributed by atoms with Gasteiger partial charge in [0.25, 0.3) is 0 Å². The second-order valence-electron chi connectivity index (χ2n) is 3.72. The summed E-state index contributed by atoms with van der Waals surface area (Å²) < 4.78 is 4.06. The van der Waals surface area contributed by atoms with Crippen LogP contribution in [0, 0.1) is 0 Å². The second kappa shape index (κ2) is 5.67. The van der Waals surface area contributed by atoms with Crippen LogP contribution >= 0.6 is 11.5 Å². The van der Waals surface area contributed by atoms with E-state index in [1.807, 2.05) is 12.4 Å². The van der Waals surface area contributed by atoms with Gasteiger partial charge in [0.2, 0.25) is 0 Å². The lowest BCUT2D eigenvalue weighted by molar-refractivity contribution is 0.539. The Labute approximate surface area is 98.9 Å². The number of nitrogens with zero attached hydrogens (tertiary/aromatic N) is 3. The molecular formula is C11H14N4S. The van der Waals surface area contributed by atoms with Crippen LogP contribution in [0.3, 0.4) is 0 Å². The molecular weight excluding hydrogens is 220 g/mol. The lowest BCUT2D eigenvalue weighted by atomic mass is 10.2. The zero-order chi connectivity index (χ0) is 11.2. The Bertz CT molecular complexity index is 401. The monoisotopic (exact) mass is 234 g/mol. The fourth-order valence-corrected chi connectivity index (χ4v) is 1.96. The zero-order valence-electron chi connectivity index (χ0n) is 9.13. The van der Waals surface area contributed by atoms with Gasteiger partial charge < -0.3 is 5.32 Å². The third-order valence-electron chi connectivity index (χ3n) is 2.27. The molecule has 0 radical (unpaired) electrons. The largest absolute Gasteiger partial charge is 0.310 e. The number of rotatable bonds is 5. The van der Waals surface area contributed by atoms with Crippen molar-refractivity contribution in [2.75, 3.05) is 0 Å². The van der Waals surface area contributed by atoms with Crippen molar-refractivity contribution in [2.24, 2.45) is 0 Å². The molecule has 5 heteroatoms. The average Bonchev–Trinajstić information content (AvgIpc) is 2.81. The maximum absolute atomic E-state index is 4.25. The molecule has 0 amide bonds. The Morgan fingerprint density at radius 1 is 1.38 bits per heavy atom. The summed E-state index contributed by atoms with van der Waals surface area (Å²) in [4.78, 5) is 8.30. The first-order valence-electron chi connectivity index (χ1n) is 5.21. The Morgan fingerprint density at radius 2 is 2.31 bits per heavy atom. The van der Waals surface area contributed by atoms with Crippen LogP contribution in [0.4, 0.5) is 0 Å². The Kier molecular flexibility index (Phi) is 3.96. The van der Waals surface area contributed by atoms with E-state index in [0.29, 0.717) is 6.04 Å². The van der Waals surface area contributed by atoms with Gasteiger partial charge in [0.15, 0.2) is 0 Å². The van der Waals surface area contributed by atoms with Crippen molar-refractivity contribution in [3.05, 3.63) is 41.4 Å². The maximum atomic E-state index is 4.25.